The number of nitrogens with two attached hydrogens (primary N) is 2. The van der Waals surface area contributed by atoms with Gasteiger partial charge < -0.3 is 84.2 Å². The Bertz CT molecular complexity index is 2870. The molecule has 0 unspecified atom stereocenters. The smallest absolute Gasteiger partial charge is 0.245 e. The first-order chi connectivity index (χ1) is 39.3. The zero-order valence-electron chi connectivity index (χ0n) is 46.6. The summed E-state index contributed by atoms with van der Waals surface area (Å²) in [5, 5.41) is 78.5. The van der Waals surface area contributed by atoms with Gasteiger partial charge in [-0.1, -0.05) is 76.2 Å². The summed E-state index contributed by atoms with van der Waals surface area (Å²) < 4.78 is 0. The number of nitrogens with zero attached hydrogens (tertiary/aromatic N) is 1. The second kappa shape index (κ2) is 30.9. The second-order valence-electron chi connectivity index (χ2n) is 21.3. The molecular formula is C58H76N10O15. The van der Waals surface area contributed by atoms with Crippen molar-refractivity contribution >= 4 is 53.2 Å². The first-order valence-electron chi connectivity index (χ1n) is 27.2. The average Bonchev–Trinajstić information content (AvgIpc) is 4.09. The van der Waals surface area contributed by atoms with Crippen LogP contribution in [0.3, 0.4) is 0 Å². The summed E-state index contributed by atoms with van der Waals surface area (Å²) in [5.41, 5.74) is 13.5. The van der Waals surface area contributed by atoms with E-state index in [1.54, 1.807) is 13.8 Å². The monoisotopic (exact) mass is 1150 g/mol. The number of hydrogen-bond acceptors (Lipinski definition) is 16. The Kier molecular flexibility index (Phi) is 24.2. The molecule has 17 N–H and O–H groups in total. The molecule has 1 fully saturated rings. The van der Waals surface area contributed by atoms with Gasteiger partial charge in [0.05, 0.1) is 19.3 Å². The number of aliphatic hydroxyl groups excluding tert-OH is 2. The molecule has 1 aliphatic rings. The number of phenolic OH excluding ortho intramolecular Hbond substituents is 4. The van der Waals surface area contributed by atoms with Gasteiger partial charge in [0.25, 0.3) is 0 Å². The minimum absolute atomic E-state index is 0.0761. The van der Waals surface area contributed by atoms with E-state index in [0.717, 1.165) is 0 Å². The first kappa shape index (κ1) is 65.0. The lowest BCUT2D eigenvalue weighted by Crippen LogP contribution is -2.62. The van der Waals surface area contributed by atoms with E-state index in [0.29, 0.717) is 35.1 Å². The zero-order valence-corrected chi connectivity index (χ0v) is 46.6. The second-order valence-corrected chi connectivity index (χ2v) is 21.3. The standard InChI is InChI=1S/C58H76N10O15/c1-31(2)24-41(59)58(83)68-23-5-6-48(68)57(82)64-44(27-35-11-19-39(73)20-12-35)52(77)61-43(26-34-9-17-38(72)18-10-34)53(78)65-47(30-70)56(81)66-46(29-69)55(80)63-42(25-33-7-15-37(71)16-8-33)51(76)62-45(28-36-13-21-40(74)22-14-36)54(79)67-49(32(3)4)50(60)75/h7-22,31-32,41-49,69-74H,5-6,23-30,59H2,1-4H3,(H2,60,75)(H,61,77)(H,62,76)(H,63,80)(H,64,82)(H,65,78)(H,66,81)(H,67,79)/t41-,42-,43-,44-,45-,46-,47-,48-,49-/m0/s1. The van der Waals surface area contributed by atoms with E-state index < -0.39 is 127 Å². The number of nitrogens with one attached hydrogen (secondary N) is 7. The summed E-state index contributed by atoms with van der Waals surface area (Å²) in [6.45, 7) is 5.15. The highest BCUT2D eigenvalue weighted by Gasteiger charge is 2.39. The maximum atomic E-state index is 14.5. The molecule has 1 heterocycles. The number of benzene rings is 4. The highest BCUT2D eigenvalue weighted by atomic mass is 16.3. The maximum absolute atomic E-state index is 14.5. The van der Waals surface area contributed by atoms with E-state index in [-0.39, 0.29) is 67.6 Å². The molecule has 1 saturated heterocycles. The molecule has 448 valence electrons. The molecule has 0 aliphatic carbocycles. The van der Waals surface area contributed by atoms with Crippen LogP contribution in [-0.2, 0) is 68.8 Å². The van der Waals surface area contributed by atoms with Crippen molar-refractivity contribution in [2.24, 2.45) is 23.3 Å². The third-order valence-electron chi connectivity index (χ3n) is 13.8. The van der Waals surface area contributed by atoms with Gasteiger partial charge >= 0.3 is 0 Å². The molecular weight excluding hydrogens is 1080 g/mol. The van der Waals surface area contributed by atoms with E-state index in [4.69, 9.17) is 11.5 Å². The molecule has 0 spiro atoms. The lowest BCUT2D eigenvalue weighted by Gasteiger charge is -2.29. The SMILES string of the molecule is CC(C)C[C@H](N)C(=O)N1CCC[C@H]1C(=O)N[C@@H](Cc1ccc(O)cc1)C(=O)N[C@@H](Cc1ccc(O)cc1)C(=O)N[C@@H](CO)C(=O)N[C@@H](CO)C(=O)N[C@@H](Cc1ccc(O)cc1)C(=O)N[C@@H](Cc1ccc(O)cc1)C(=O)N[C@H](C(N)=O)C(C)C. The fraction of sp³-hybridized carbons (Fsp3) is 0.431. The van der Waals surface area contributed by atoms with Crippen LogP contribution in [0, 0.1) is 11.8 Å². The van der Waals surface area contributed by atoms with Gasteiger partial charge in [0.15, 0.2) is 0 Å². The van der Waals surface area contributed by atoms with E-state index in [2.05, 4.69) is 37.2 Å². The number of carbonyl (C=O) groups is 9. The molecule has 9 amide bonds. The molecule has 0 radical (unpaired) electrons. The van der Waals surface area contributed by atoms with Crippen molar-refractivity contribution in [3.05, 3.63) is 119 Å². The van der Waals surface area contributed by atoms with Crippen molar-refractivity contribution < 1.29 is 73.8 Å². The molecule has 25 nitrogen and oxygen atoms in total. The van der Waals surface area contributed by atoms with Gasteiger partial charge in [0.2, 0.25) is 53.2 Å². The summed E-state index contributed by atoms with van der Waals surface area (Å²) in [6, 6.07) is 9.87. The molecule has 5 rings (SSSR count). The summed E-state index contributed by atoms with van der Waals surface area (Å²) in [5.74, 6) is -8.82. The lowest BCUT2D eigenvalue weighted by atomic mass is 10.00. The number of primary amides is 1. The Morgan fingerprint density at radius 2 is 0.783 bits per heavy atom. The molecule has 0 bridgehead atoms. The average molecular weight is 1150 g/mol. The molecule has 0 aromatic heterocycles. The van der Waals surface area contributed by atoms with Crippen LogP contribution in [0.4, 0.5) is 0 Å². The highest BCUT2D eigenvalue weighted by Crippen LogP contribution is 2.22. The number of likely N-dealkylation sites (tertiary alicyclic amines) is 1. The zero-order chi connectivity index (χ0) is 61.1. The van der Waals surface area contributed by atoms with Crippen LogP contribution in [0.1, 0.15) is 69.2 Å². The predicted octanol–water partition coefficient (Wildman–Crippen LogP) is -1.34. The van der Waals surface area contributed by atoms with E-state index in [1.807, 2.05) is 13.8 Å². The summed E-state index contributed by atoms with van der Waals surface area (Å²) in [6.07, 6.45) is 0.194. The van der Waals surface area contributed by atoms with Gasteiger partial charge in [0.1, 0.15) is 71.3 Å². The number of amides is 9. The summed E-state index contributed by atoms with van der Waals surface area (Å²) in [7, 11) is 0. The van der Waals surface area contributed by atoms with Crippen LogP contribution in [0.15, 0.2) is 97.1 Å². The van der Waals surface area contributed by atoms with Crippen LogP contribution in [0.25, 0.3) is 0 Å². The van der Waals surface area contributed by atoms with Crippen molar-refractivity contribution in [3.8, 4) is 23.0 Å². The van der Waals surface area contributed by atoms with Gasteiger partial charge in [0, 0.05) is 32.2 Å². The normalized spacial score (nSPS) is 16.0. The molecule has 25 heteroatoms. The Morgan fingerprint density at radius 1 is 0.482 bits per heavy atom. The minimum atomic E-state index is -1.87. The molecule has 9 atom stereocenters. The predicted molar refractivity (Wildman–Crippen MR) is 301 cm³/mol. The quantitative estimate of drug-likeness (QED) is 0.0299. The van der Waals surface area contributed by atoms with Crippen molar-refractivity contribution in [1.82, 2.24) is 42.1 Å². The van der Waals surface area contributed by atoms with E-state index in [9.17, 15) is 73.8 Å². The number of phenols is 4. The van der Waals surface area contributed by atoms with Crippen molar-refractivity contribution in [2.75, 3.05) is 19.8 Å². The fourth-order valence-corrected chi connectivity index (χ4v) is 9.27. The van der Waals surface area contributed by atoms with Gasteiger partial charge in [-0.3, -0.25) is 43.2 Å². The van der Waals surface area contributed by atoms with Crippen molar-refractivity contribution in [1.29, 1.82) is 0 Å². The molecule has 1 aliphatic heterocycles. The third kappa shape index (κ3) is 19.7. The van der Waals surface area contributed by atoms with Gasteiger partial charge in [-0.25, -0.2) is 0 Å². The Hall–Kier alpha value is -8.81. The molecule has 0 saturated carbocycles. The summed E-state index contributed by atoms with van der Waals surface area (Å²) in [4.78, 5) is 126. The first-order valence-corrected chi connectivity index (χ1v) is 27.2. The number of rotatable bonds is 29. The van der Waals surface area contributed by atoms with E-state index >= 15 is 0 Å². The van der Waals surface area contributed by atoms with E-state index in [1.165, 1.54) is 102 Å². The lowest BCUT2D eigenvalue weighted by molar-refractivity contribution is -0.140. The number of hydrogen-bond donors (Lipinski definition) is 15. The summed E-state index contributed by atoms with van der Waals surface area (Å²) >= 11 is 0. The Balaban J connectivity index is 1.37. The van der Waals surface area contributed by atoms with Gasteiger partial charge in [-0.15, -0.1) is 0 Å². The largest absolute Gasteiger partial charge is 0.508 e. The van der Waals surface area contributed by atoms with Crippen molar-refractivity contribution in [3.63, 3.8) is 0 Å². The van der Waals surface area contributed by atoms with Gasteiger partial charge in [-0.2, -0.15) is 0 Å². The topological polar surface area (TPSA) is 414 Å². The number of aliphatic hydroxyl groups is 2. The minimum Gasteiger partial charge on any atom is -0.508 e. The maximum Gasteiger partial charge on any atom is 0.245 e. The fourth-order valence-electron chi connectivity index (χ4n) is 9.27. The van der Waals surface area contributed by atoms with Crippen LogP contribution >= 0.6 is 0 Å². The van der Waals surface area contributed by atoms with Crippen LogP contribution in [-0.4, -0.2) is 163 Å². The highest BCUT2D eigenvalue weighted by molar-refractivity contribution is 5.98. The number of carbonyl (C=O) groups excluding carboxylic acids is 9. The van der Waals surface area contributed by atoms with Crippen molar-refractivity contribution in [2.45, 2.75) is 127 Å². The molecule has 4 aromatic rings. The molecule has 4 aromatic carbocycles. The van der Waals surface area contributed by atoms with Crippen LogP contribution < -0.4 is 48.7 Å². The Labute approximate surface area is 480 Å². The number of aromatic hydroxyl groups is 4. The Morgan fingerprint density at radius 3 is 1.08 bits per heavy atom. The van der Waals surface area contributed by atoms with Crippen LogP contribution in [0.5, 0.6) is 23.0 Å². The van der Waals surface area contributed by atoms with Crippen LogP contribution in [0.2, 0.25) is 0 Å². The third-order valence-corrected chi connectivity index (χ3v) is 13.8. The van der Waals surface area contributed by atoms with Gasteiger partial charge in [-0.05, 0) is 102 Å². The molecule has 83 heavy (non-hydrogen) atoms.